The lowest BCUT2D eigenvalue weighted by atomic mass is 10.1. The number of rotatable bonds is 2. The predicted molar refractivity (Wildman–Crippen MR) is 74.4 cm³/mol. The van der Waals surface area contributed by atoms with Crippen LogP contribution in [0.15, 0.2) is 48.8 Å². The van der Waals surface area contributed by atoms with E-state index in [4.69, 9.17) is 0 Å². The van der Waals surface area contributed by atoms with E-state index in [1.807, 2.05) is 56.6 Å². The van der Waals surface area contributed by atoms with Crippen LogP contribution in [0, 0.1) is 6.92 Å². The van der Waals surface area contributed by atoms with Gasteiger partial charge in [-0.1, -0.05) is 30.3 Å². The van der Waals surface area contributed by atoms with Crippen molar-refractivity contribution in [3.05, 3.63) is 54.5 Å². The van der Waals surface area contributed by atoms with Gasteiger partial charge in [0, 0.05) is 30.6 Å². The first kappa shape index (κ1) is 11.6. The molecule has 0 aliphatic rings. The van der Waals surface area contributed by atoms with Gasteiger partial charge in [0.2, 0.25) is 0 Å². The lowest BCUT2D eigenvalue weighted by Gasteiger charge is -2.02. The molecular formula is C15H14N4. The van der Waals surface area contributed by atoms with E-state index in [1.54, 1.807) is 10.9 Å². The Morgan fingerprint density at radius 2 is 1.84 bits per heavy atom. The molecule has 1 aromatic carbocycles. The molecule has 94 valence electrons. The van der Waals surface area contributed by atoms with E-state index in [2.05, 4.69) is 15.1 Å². The molecule has 0 atom stereocenters. The number of benzene rings is 1. The molecule has 0 spiro atoms. The highest BCUT2D eigenvalue weighted by Crippen LogP contribution is 2.22. The second-order valence-electron chi connectivity index (χ2n) is 4.43. The van der Waals surface area contributed by atoms with Crippen LogP contribution in [0.3, 0.4) is 0 Å². The van der Waals surface area contributed by atoms with Crippen molar-refractivity contribution in [2.75, 3.05) is 0 Å². The molecule has 19 heavy (non-hydrogen) atoms. The Hall–Kier alpha value is -2.49. The first-order valence-corrected chi connectivity index (χ1v) is 6.13. The van der Waals surface area contributed by atoms with Crippen LogP contribution in [0.4, 0.5) is 0 Å². The van der Waals surface area contributed by atoms with Crippen LogP contribution in [-0.2, 0) is 7.05 Å². The Labute approximate surface area is 111 Å². The predicted octanol–water partition coefficient (Wildman–Crippen LogP) is 2.85. The highest BCUT2D eigenvalue weighted by atomic mass is 15.2. The van der Waals surface area contributed by atoms with Gasteiger partial charge in [-0.2, -0.15) is 5.10 Å². The Kier molecular flexibility index (Phi) is 2.83. The zero-order valence-corrected chi connectivity index (χ0v) is 10.9. The number of hydrogen-bond acceptors (Lipinski definition) is 3. The zero-order chi connectivity index (χ0) is 13.2. The van der Waals surface area contributed by atoms with Crippen LogP contribution in [0.5, 0.6) is 0 Å². The molecule has 2 aromatic heterocycles. The molecule has 0 saturated heterocycles. The minimum Gasteiger partial charge on any atom is -0.275 e. The first-order chi connectivity index (χ1) is 9.24. The largest absolute Gasteiger partial charge is 0.275 e. The zero-order valence-electron chi connectivity index (χ0n) is 10.9. The van der Waals surface area contributed by atoms with Crippen molar-refractivity contribution in [2.24, 2.45) is 7.05 Å². The highest BCUT2D eigenvalue weighted by Gasteiger charge is 2.09. The minimum atomic E-state index is 0.737. The van der Waals surface area contributed by atoms with Crippen molar-refractivity contribution in [1.82, 2.24) is 19.7 Å². The maximum Gasteiger partial charge on any atom is 0.159 e. The summed E-state index contributed by atoms with van der Waals surface area (Å²) in [4.78, 5) is 8.96. The second kappa shape index (κ2) is 4.65. The first-order valence-electron chi connectivity index (χ1n) is 6.13. The lowest BCUT2D eigenvalue weighted by Crippen LogP contribution is -1.91. The van der Waals surface area contributed by atoms with Gasteiger partial charge in [-0.3, -0.25) is 4.68 Å². The molecular weight excluding hydrogens is 236 g/mol. The van der Waals surface area contributed by atoms with Gasteiger partial charge in [-0.25, -0.2) is 9.97 Å². The van der Waals surface area contributed by atoms with Crippen LogP contribution in [0.25, 0.3) is 22.6 Å². The van der Waals surface area contributed by atoms with Gasteiger partial charge in [0.25, 0.3) is 0 Å². The third kappa shape index (κ3) is 2.25. The topological polar surface area (TPSA) is 43.6 Å². The smallest absolute Gasteiger partial charge is 0.159 e. The Bertz CT molecular complexity index is 701. The average molecular weight is 250 g/mol. The van der Waals surface area contributed by atoms with Gasteiger partial charge in [0.1, 0.15) is 0 Å². The van der Waals surface area contributed by atoms with Gasteiger partial charge < -0.3 is 0 Å². The molecule has 0 bridgehead atoms. The van der Waals surface area contributed by atoms with Crippen molar-refractivity contribution in [1.29, 1.82) is 0 Å². The maximum absolute atomic E-state index is 4.62. The van der Waals surface area contributed by atoms with Gasteiger partial charge in [-0.05, 0) is 13.0 Å². The summed E-state index contributed by atoms with van der Waals surface area (Å²) in [6, 6.07) is 11.9. The fraction of sp³-hybridized carbons (Fsp3) is 0.133. The third-order valence-corrected chi connectivity index (χ3v) is 2.98. The average Bonchev–Trinajstić information content (AvgIpc) is 2.79. The SMILES string of the molecule is Cc1nn(C)cc1-c1ccnc(-c2ccccc2)n1. The standard InChI is InChI=1S/C15H14N4/c1-11-13(10-19(2)18-11)14-8-9-16-15(17-14)12-6-4-3-5-7-12/h3-10H,1-2H3. The molecule has 0 radical (unpaired) electrons. The second-order valence-corrected chi connectivity index (χ2v) is 4.43. The summed E-state index contributed by atoms with van der Waals surface area (Å²) < 4.78 is 1.80. The molecule has 0 amide bonds. The van der Waals surface area contributed by atoms with Crippen LogP contribution in [-0.4, -0.2) is 19.7 Å². The molecule has 0 saturated carbocycles. The van der Waals surface area contributed by atoms with Gasteiger partial charge >= 0.3 is 0 Å². The van der Waals surface area contributed by atoms with Crippen LogP contribution >= 0.6 is 0 Å². The molecule has 0 aliphatic heterocycles. The third-order valence-electron chi connectivity index (χ3n) is 2.98. The molecule has 2 heterocycles. The molecule has 3 rings (SSSR count). The number of aryl methyl sites for hydroxylation is 2. The van der Waals surface area contributed by atoms with Crippen LogP contribution in [0.2, 0.25) is 0 Å². The molecule has 4 heteroatoms. The Morgan fingerprint density at radius 1 is 1.05 bits per heavy atom. The fourth-order valence-corrected chi connectivity index (χ4v) is 2.09. The van der Waals surface area contributed by atoms with Crippen LogP contribution in [0.1, 0.15) is 5.69 Å². The molecule has 0 aliphatic carbocycles. The molecule has 3 aromatic rings. The summed E-state index contributed by atoms with van der Waals surface area (Å²) in [6.45, 7) is 1.99. The normalized spacial score (nSPS) is 10.6. The summed E-state index contributed by atoms with van der Waals surface area (Å²) in [5.41, 5.74) is 3.94. The quantitative estimate of drug-likeness (QED) is 0.702. The van der Waals surface area contributed by atoms with Crippen molar-refractivity contribution in [2.45, 2.75) is 6.92 Å². The van der Waals surface area contributed by atoms with Gasteiger partial charge in [-0.15, -0.1) is 0 Å². The summed E-state index contributed by atoms with van der Waals surface area (Å²) in [7, 11) is 1.91. The number of aromatic nitrogens is 4. The van der Waals surface area contributed by atoms with E-state index in [-0.39, 0.29) is 0 Å². The molecule has 0 N–H and O–H groups in total. The molecule has 0 unspecified atom stereocenters. The number of nitrogens with zero attached hydrogens (tertiary/aromatic N) is 4. The van der Waals surface area contributed by atoms with Crippen LogP contribution < -0.4 is 0 Å². The van der Waals surface area contributed by atoms with Crippen molar-refractivity contribution < 1.29 is 0 Å². The monoisotopic (exact) mass is 250 g/mol. The Morgan fingerprint density at radius 3 is 2.53 bits per heavy atom. The molecule has 0 fully saturated rings. The van der Waals surface area contributed by atoms with E-state index in [0.29, 0.717) is 0 Å². The van der Waals surface area contributed by atoms with Gasteiger partial charge in [0.05, 0.1) is 11.4 Å². The number of hydrogen-bond donors (Lipinski definition) is 0. The lowest BCUT2D eigenvalue weighted by molar-refractivity contribution is 0.756. The minimum absolute atomic E-state index is 0.737. The highest BCUT2D eigenvalue weighted by molar-refractivity contribution is 5.64. The Balaban J connectivity index is 2.08. The van der Waals surface area contributed by atoms with Crippen molar-refractivity contribution in [3.63, 3.8) is 0 Å². The summed E-state index contributed by atoms with van der Waals surface area (Å²) in [6.07, 6.45) is 3.77. The summed E-state index contributed by atoms with van der Waals surface area (Å²) in [5, 5.41) is 4.35. The van der Waals surface area contributed by atoms with Crippen molar-refractivity contribution >= 4 is 0 Å². The van der Waals surface area contributed by atoms with E-state index >= 15 is 0 Å². The van der Waals surface area contributed by atoms with Gasteiger partial charge in [0.15, 0.2) is 5.82 Å². The van der Waals surface area contributed by atoms with E-state index in [0.717, 1.165) is 28.3 Å². The van der Waals surface area contributed by atoms with E-state index < -0.39 is 0 Å². The summed E-state index contributed by atoms with van der Waals surface area (Å²) >= 11 is 0. The van der Waals surface area contributed by atoms with E-state index in [1.165, 1.54) is 0 Å². The maximum atomic E-state index is 4.62. The summed E-state index contributed by atoms with van der Waals surface area (Å²) in [5.74, 6) is 0.737. The fourth-order valence-electron chi connectivity index (χ4n) is 2.09. The molecule has 4 nitrogen and oxygen atoms in total. The van der Waals surface area contributed by atoms with E-state index in [9.17, 15) is 0 Å². The van der Waals surface area contributed by atoms with Crippen molar-refractivity contribution in [3.8, 4) is 22.6 Å².